The van der Waals surface area contributed by atoms with Crippen molar-refractivity contribution in [1.82, 2.24) is 0 Å². The van der Waals surface area contributed by atoms with E-state index in [1.807, 2.05) is 30.3 Å². The fourth-order valence-corrected chi connectivity index (χ4v) is 1.36. The minimum Gasteiger partial charge on any atom is -0.450 e. The number of benzene rings is 1. The van der Waals surface area contributed by atoms with E-state index in [0.29, 0.717) is 0 Å². The van der Waals surface area contributed by atoms with Crippen LogP contribution < -0.4 is 0 Å². The first-order valence-electron chi connectivity index (χ1n) is 4.33. The van der Waals surface area contributed by atoms with Gasteiger partial charge in [-0.2, -0.15) is 0 Å². The van der Waals surface area contributed by atoms with Gasteiger partial charge < -0.3 is 14.6 Å². The smallest absolute Gasteiger partial charge is 0.450 e. The Morgan fingerprint density at radius 1 is 1.43 bits per heavy atom. The Labute approximate surface area is 81.1 Å². The topological polar surface area (TPSA) is 59.1 Å². The molecule has 74 valence electrons. The van der Waals surface area contributed by atoms with E-state index in [1.54, 1.807) is 0 Å². The maximum Gasteiger partial charge on any atom is 0.505 e. The first-order valence-corrected chi connectivity index (χ1v) is 4.33. The maximum absolute atomic E-state index is 10.1. The summed E-state index contributed by atoms with van der Waals surface area (Å²) in [5.41, 5.74) is 1.06. The third-order valence-corrected chi connectivity index (χ3v) is 2.08. The molecular weight excluding hydrogens is 184 g/mol. The van der Waals surface area contributed by atoms with Gasteiger partial charge in [-0.25, -0.2) is 4.79 Å². The predicted octanol–water partition coefficient (Wildman–Crippen LogP) is 1.82. The number of carboxylic acid groups (broad SMARTS) is 1. The summed E-state index contributed by atoms with van der Waals surface area (Å²) in [4.78, 5) is 10.1. The van der Waals surface area contributed by atoms with E-state index in [9.17, 15) is 4.79 Å². The molecule has 0 radical (unpaired) electrons. The molecule has 0 aromatic heterocycles. The SMILES string of the molecule is O=C(O)OCC1OC1c1ccccc1. The average molecular weight is 194 g/mol. The van der Waals surface area contributed by atoms with E-state index in [0.717, 1.165) is 5.56 Å². The highest BCUT2D eigenvalue weighted by Crippen LogP contribution is 2.38. The van der Waals surface area contributed by atoms with Gasteiger partial charge in [0.2, 0.25) is 0 Å². The van der Waals surface area contributed by atoms with Crippen molar-refractivity contribution >= 4 is 6.16 Å². The van der Waals surface area contributed by atoms with Crippen molar-refractivity contribution in [2.75, 3.05) is 6.61 Å². The number of hydrogen-bond donors (Lipinski definition) is 1. The summed E-state index contributed by atoms with van der Waals surface area (Å²) in [6, 6.07) is 9.67. The normalized spacial score (nSPS) is 24.3. The molecule has 0 amide bonds. The molecule has 2 unspecified atom stereocenters. The molecule has 1 aliphatic rings. The zero-order chi connectivity index (χ0) is 9.97. The Bertz CT molecular complexity index is 322. The third kappa shape index (κ3) is 2.03. The third-order valence-electron chi connectivity index (χ3n) is 2.08. The van der Waals surface area contributed by atoms with Crippen molar-refractivity contribution < 1.29 is 19.4 Å². The molecule has 4 nitrogen and oxygen atoms in total. The molecule has 4 heteroatoms. The Kier molecular flexibility index (Phi) is 2.37. The lowest BCUT2D eigenvalue weighted by molar-refractivity contribution is 0.0848. The highest BCUT2D eigenvalue weighted by atomic mass is 16.7. The highest BCUT2D eigenvalue weighted by molar-refractivity contribution is 5.56. The standard InChI is InChI=1S/C10H10O4/c11-10(12)13-6-8-9(14-8)7-4-2-1-3-5-7/h1-5,8-9H,6H2,(H,11,12). The first-order chi connectivity index (χ1) is 6.77. The summed E-state index contributed by atoms with van der Waals surface area (Å²) in [5.74, 6) is 0. The van der Waals surface area contributed by atoms with Gasteiger partial charge in [0.05, 0.1) is 0 Å². The Hall–Kier alpha value is -1.55. The molecule has 14 heavy (non-hydrogen) atoms. The molecule has 0 aliphatic carbocycles. The highest BCUT2D eigenvalue weighted by Gasteiger charge is 2.40. The lowest BCUT2D eigenvalue weighted by Crippen LogP contribution is -2.07. The molecule has 2 rings (SSSR count). The Morgan fingerprint density at radius 3 is 2.79 bits per heavy atom. The number of epoxide rings is 1. The van der Waals surface area contributed by atoms with Crippen LogP contribution in [0.1, 0.15) is 11.7 Å². The first kappa shape index (κ1) is 9.02. The molecule has 1 aliphatic heterocycles. The molecule has 2 atom stereocenters. The lowest BCUT2D eigenvalue weighted by atomic mass is 10.1. The van der Waals surface area contributed by atoms with Crippen LogP contribution in [0.25, 0.3) is 0 Å². The van der Waals surface area contributed by atoms with Gasteiger partial charge in [0, 0.05) is 0 Å². The number of ether oxygens (including phenoxy) is 2. The van der Waals surface area contributed by atoms with E-state index in [-0.39, 0.29) is 18.8 Å². The molecule has 1 aromatic carbocycles. The monoisotopic (exact) mass is 194 g/mol. The zero-order valence-corrected chi connectivity index (χ0v) is 7.42. The summed E-state index contributed by atoms with van der Waals surface area (Å²) in [7, 11) is 0. The van der Waals surface area contributed by atoms with Crippen molar-refractivity contribution in [3.63, 3.8) is 0 Å². The van der Waals surface area contributed by atoms with Crippen molar-refractivity contribution in [2.24, 2.45) is 0 Å². The second-order valence-electron chi connectivity index (χ2n) is 3.08. The molecule has 0 saturated carbocycles. The molecule has 1 heterocycles. The predicted molar refractivity (Wildman–Crippen MR) is 48.0 cm³/mol. The number of rotatable bonds is 3. The van der Waals surface area contributed by atoms with E-state index < -0.39 is 6.16 Å². The van der Waals surface area contributed by atoms with Gasteiger partial charge in [-0.05, 0) is 5.56 Å². The van der Waals surface area contributed by atoms with Crippen LogP contribution in [0.5, 0.6) is 0 Å². The lowest BCUT2D eigenvalue weighted by Gasteiger charge is -1.95. The quantitative estimate of drug-likeness (QED) is 0.589. The summed E-state index contributed by atoms with van der Waals surface area (Å²) in [5, 5.41) is 8.27. The maximum atomic E-state index is 10.1. The van der Waals surface area contributed by atoms with Crippen LogP contribution >= 0.6 is 0 Å². The summed E-state index contributed by atoms with van der Waals surface area (Å²) in [6.07, 6.45) is -1.38. The van der Waals surface area contributed by atoms with E-state index >= 15 is 0 Å². The minimum atomic E-state index is -1.26. The second-order valence-corrected chi connectivity index (χ2v) is 3.08. The summed E-state index contributed by atoms with van der Waals surface area (Å²) < 4.78 is 9.67. The fraction of sp³-hybridized carbons (Fsp3) is 0.300. The van der Waals surface area contributed by atoms with Gasteiger partial charge in [-0.1, -0.05) is 30.3 Å². The second kappa shape index (κ2) is 3.67. The average Bonchev–Trinajstić information content (AvgIpc) is 2.95. The fourth-order valence-electron chi connectivity index (χ4n) is 1.36. The minimum absolute atomic E-state index is 0.00412. The van der Waals surface area contributed by atoms with Gasteiger partial charge in [-0.15, -0.1) is 0 Å². The Morgan fingerprint density at radius 2 is 2.14 bits per heavy atom. The molecule has 1 saturated heterocycles. The van der Waals surface area contributed by atoms with Gasteiger partial charge in [0.15, 0.2) is 0 Å². The van der Waals surface area contributed by atoms with E-state index in [1.165, 1.54) is 0 Å². The molecule has 1 aromatic rings. The van der Waals surface area contributed by atoms with Gasteiger partial charge in [-0.3, -0.25) is 0 Å². The molecular formula is C10H10O4. The summed E-state index contributed by atoms with van der Waals surface area (Å²) >= 11 is 0. The summed E-state index contributed by atoms with van der Waals surface area (Å²) in [6.45, 7) is 0.106. The number of hydrogen-bond acceptors (Lipinski definition) is 3. The van der Waals surface area contributed by atoms with Crippen LogP contribution in [-0.4, -0.2) is 24.0 Å². The van der Waals surface area contributed by atoms with Crippen molar-refractivity contribution in [3.05, 3.63) is 35.9 Å². The van der Waals surface area contributed by atoms with Crippen LogP contribution in [0.15, 0.2) is 30.3 Å². The molecule has 1 fully saturated rings. The van der Waals surface area contributed by atoms with Gasteiger partial charge in [0.1, 0.15) is 18.8 Å². The van der Waals surface area contributed by atoms with Gasteiger partial charge in [0.25, 0.3) is 0 Å². The number of carbonyl (C=O) groups is 1. The van der Waals surface area contributed by atoms with Crippen LogP contribution in [0, 0.1) is 0 Å². The van der Waals surface area contributed by atoms with Crippen molar-refractivity contribution in [3.8, 4) is 0 Å². The Balaban J connectivity index is 1.85. The van der Waals surface area contributed by atoms with Crippen LogP contribution in [0.4, 0.5) is 4.79 Å². The molecule has 0 spiro atoms. The van der Waals surface area contributed by atoms with E-state index in [4.69, 9.17) is 9.84 Å². The molecule has 1 N–H and O–H groups in total. The van der Waals surface area contributed by atoms with Gasteiger partial charge >= 0.3 is 6.16 Å². The van der Waals surface area contributed by atoms with Crippen LogP contribution in [-0.2, 0) is 9.47 Å². The van der Waals surface area contributed by atoms with E-state index in [2.05, 4.69) is 4.74 Å². The molecule has 0 bridgehead atoms. The van der Waals surface area contributed by atoms with Crippen LogP contribution in [0.2, 0.25) is 0 Å². The van der Waals surface area contributed by atoms with Crippen LogP contribution in [0.3, 0.4) is 0 Å². The largest absolute Gasteiger partial charge is 0.505 e. The van der Waals surface area contributed by atoms with Crippen molar-refractivity contribution in [1.29, 1.82) is 0 Å². The van der Waals surface area contributed by atoms with Crippen molar-refractivity contribution in [2.45, 2.75) is 12.2 Å². The zero-order valence-electron chi connectivity index (χ0n) is 7.42.